The van der Waals surface area contributed by atoms with E-state index in [1.807, 2.05) is 73.2 Å². The minimum absolute atomic E-state index is 0.0419. The van der Waals surface area contributed by atoms with Gasteiger partial charge in [0, 0.05) is 51.4 Å². The second-order valence-electron chi connectivity index (χ2n) is 28.4. The number of thioether (sulfide) groups is 2. The van der Waals surface area contributed by atoms with Gasteiger partial charge in [-0.2, -0.15) is 23.5 Å². The molecule has 0 radical (unpaired) electrons. The molecule has 6 saturated heterocycles. The van der Waals surface area contributed by atoms with Crippen LogP contribution in [0.1, 0.15) is 57.3 Å². The fraction of sp³-hybridized carbons (Fsp3) is 0.302. The van der Waals surface area contributed by atoms with E-state index >= 15 is 0 Å². The zero-order chi connectivity index (χ0) is 84.6. The van der Waals surface area contributed by atoms with Crippen LogP contribution in [0.4, 0.5) is 0 Å². The number of hydrogen-bond donors (Lipinski definition) is 18. The number of nitrogens with one attached hydrogen (secondary N) is 12. The number of phenolic OH excluding ortho intramolecular Hbond substituents is 6. The van der Waals surface area contributed by atoms with Gasteiger partial charge in [0.2, 0.25) is 70.9 Å². The Morgan fingerprint density at radius 2 is 0.424 bits per heavy atom. The molecule has 6 aliphatic heterocycles. The second kappa shape index (κ2) is 44.7. The standard InChI is InChI=1S/3C18H18N2O4.2C11H12N2O2.C10H18N2O2S2/c3*21-13-5-1-3-11(7-13)9-15-17(23)20-16(18(24)19-15)10-12-4-2-6-14(22)8-12;2*14-10-7-12-11(15)9(13-10)6-8-4-2-1-3-5-8;1-15-5-3-7-9(13)12-8(4-6-16-2)10(14)11-7/h3*1-8,15-16,21-22H,9-10H2,(H,19,24)(H,20,23);2*1-5,9H,6-7H2,(H,12,15)(H,13,14);7-8H,3-6H2,1-2H3,(H,11,14)(H,12,13)/t15-,16+;2*15-,16-;2*9-;7-,8-/m.10100/s1. The number of piperazine rings is 6. The molecule has 32 heteroatoms. The van der Waals surface area contributed by atoms with Gasteiger partial charge >= 0.3 is 0 Å². The Bertz CT molecular complexity index is 4230. The molecule has 6 aliphatic rings. The number of rotatable bonds is 22. The van der Waals surface area contributed by atoms with E-state index in [1.165, 1.54) is 0 Å². The predicted molar refractivity (Wildman–Crippen MR) is 442 cm³/mol. The van der Waals surface area contributed by atoms with Crippen LogP contribution >= 0.6 is 23.5 Å². The molecule has 0 saturated carbocycles. The maximum atomic E-state index is 12.3. The van der Waals surface area contributed by atoms with Crippen molar-refractivity contribution < 1.29 is 88.2 Å². The summed E-state index contributed by atoms with van der Waals surface area (Å²) in [5.74, 6) is 0.365. The summed E-state index contributed by atoms with van der Waals surface area (Å²) in [5.41, 5.74) is 6.68. The van der Waals surface area contributed by atoms with Gasteiger partial charge in [0.15, 0.2) is 0 Å². The molecule has 0 bridgehead atoms. The summed E-state index contributed by atoms with van der Waals surface area (Å²) in [7, 11) is 0. The summed E-state index contributed by atoms with van der Waals surface area (Å²) >= 11 is 3.36. The Balaban J connectivity index is 0.000000163. The molecule has 0 spiro atoms. The van der Waals surface area contributed by atoms with Crippen LogP contribution in [0.2, 0.25) is 0 Å². The third-order valence-electron chi connectivity index (χ3n) is 19.1. The Hall–Kier alpha value is -13.1. The number of hydrogen-bond acceptors (Lipinski definition) is 20. The van der Waals surface area contributed by atoms with Gasteiger partial charge in [0.1, 0.15) is 94.9 Å². The first-order valence-electron chi connectivity index (χ1n) is 38.0. The van der Waals surface area contributed by atoms with Crippen molar-refractivity contribution in [2.24, 2.45) is 0 Å². The number of carbonyl (C=O) groups is 12. The molecule has 30 nitrogen and oxygen atoms in total. The molecule has 118 heavy (non-hydrogen) atoms. The maximum Gasteiger partial charge on any atom is 0.243 e. The zero-order valence-electron chi connectivity index (χ0n) is 64.7. The molecule has 8 aromatic carbocycles. The predicted octanol–water partition coefficient (Wildman–Crippen LogP) is 2.76. The summed E-state index contributed by atoms with van der Waals surface area (Å²) in [6, 6.07) is 53.3. The number of benzene rings is 8. The lowest BCUT2D eigenvalue weighted by Gasteiger charge is -2.29. The highest BCUT2D eigenvalue weighted by Gasteiger charge is 2.38. The van der Waals surface area contributed by atoms with Gasteiger partial charge < -0.3 is 94.4 Å². The van der Waals surface area contributed by atoms with Crippen molar-refractivity contribution >= 4 is 94.4 Å². The molecule has 620 valence electrons. The highest BCUT2D eigenvalue weighted by atomic mass is 32.2. The van der Waals surface area contributed by atoms with Crippen LogP contribution in [0, 0.1) is 0 Å². The van der Waals surface area contributed by atoms with Crippen LogP contribution in [0.5, 0.6) is 34.5 Å². The quantitative estimate of drug-likeness (QED) is 0.0464. The first-order chi connectivity index (χ1) is 56.7. The van der Waals surface area contributed by atoms with Crippen molar-refractivity contribution in [1.29, 1.82) is 0 Å². The average Bonchev–Trinajstić information content (AvgIpc) is 0.827. The number of carbonyl (C=O) groups excluding carboxylic acids is 12. The number of amides is 12. The first-order valence-corrected chi connectivity index (χ1v) is 40.8. The van der Waals surface area contributed by atoms with Crippen molar-refractivity contribution in [2.75, 3.05) is 37.1 Å². The molecular formula is C86H96N12O18S2. The number of phenols is 6. The van der Waals surface area contributed by atoms with Gasteiger partial charge in [0.25, 0.3) is 0 Å². The lowest BCUT2D eigenvalue weighted by molar-refractivity contribution is -0.136. The molecule has 18 N–H and O–H groups in total. The van der Waals surface area contributed by atoms with E-state index in [2.05, 4.69) is 63.8 Å². The van der Waals surface area contributed by atoms with E-state index < -0.39 is 48.3 Å². The van der Waals surface area contributed by atoms with E-state index in [4.69, 9.17) is 0 Å². The molecule has 0 aliphatic carbocycles. The van der Waals surface area contributed by atoms with Gasteiger partial charge in [-0.25, -0.2) is 0 Å². The fourth-order valence-corrected chi connectivity index (χ4v) is 14.1. The van der Waals surface area contributed by atoms with E-state index in [1.54, 1.807) is 169 Å². The van der Waals surface area contributed by atoms with Gasteiger partial charge in [-0.15, -0.1) is 0 Å². The van der Waals surface area contributed by atoms with Crippen molar-refractivity contribution in [1.82, 2.24) is 63.8 Å². The summed E-state index contributed by atoms with van der Waals surface area (Å²) in [4.78, 5) is 142. The van der Waals surface area contributed by atoms with Crippen molar-refractivity contribution in [3.05, 3.63) is 251 Å². The lowest BCUT2D eigenvalue weighted by Crippen LogP contribution is -2.62. The molecule has 0 unspecified atom stereocenters. The van der Waals surface area contributed by atoms with E-state index in [9.17, 15) is 88.2 Å². The Morgan fingerprint density at radius 3 is 0.636 bits per heavy atom. The summed E-state index contributed by atoms with van der Waals surface area (Å²) in [5, 5.41) is 89.2. The molecule has 10 atom stereocenters. The Morgan fingerprint density at radius 1 is 0.237 bits per heavy atom. The maximum absolute atomic E-state index is 12.3. The molecule has 6 fully saturated rings. The van der Waals surface area contributed by atoms with Crippen LogP contribution in [-0.4, -0.2) is 199 Å². The Kier molecular flexibility index (Phi) is 33.6. The van der Waals surface area contributed by atoms with Gasteiger partial charge in [-0.1, -0.05) is 133 Å². The third-order valence-corrected chi connectivity index (χ3v) is 20.4. The first kappa shape index (κ1) is 88.8. The van der Waals surface area contributed by atoms with Crippen molar-refractivity contribution in [3.63, 3.8) is 0 Å². The van der Waals surface area contributed by atoms with E-state index in [-0.39, 0.29) is 131 Å². The fourth-order valence-electron chi connectivity index (χ4n) is 13.1. The van der Waals surface area contributed by atoms with Gasteiger partial charge in [0.05, 0.1) is 13.1 Å². The number of aromatic hydroxyl groups is 6. The molecule has 6 heterocycles. The smallest absolute Gasteiger partial charge is 0.243 e. The second-order valence-corrected chi connectivity index (χ2v) is 30.3. The van der Waals surface area contributed by atoms with Crippen LogP contribution < -0.4 is 63.8 Å². The largest absolute Gasteiger partial charge is 0.508 e. The van der Waals surface area contributed by atoms with Crippen LogP contribution in [0.15, 0.2) is 206 Å². The normalized spacial score (nSPS) is 21.1. The molecule has 0 aromatic heterocycles. The molecule has 8 aromatic rings. The van der Waals surface area contributed by atoms with Crippen LogP contribution in [-0.2, 0) is 109 Å². The average molecular weight is 1650 g/mol. The third kappa shape index (κ3) is 28.7. The summed E-state index contributed by atoms with van der Waals surface area (Å²) < 4.78 is 0. The topological polar surface area (TPSA) is 471 Å². The highest BCUT2D eigenvalue weighted by Crippen LogP contribution is 2.22. The van der Waals surface area contributed by atoms with E-state index in [0.717, 1.165) is 56.0 Å². The van der Waals surface area contributed by atoms with Gasteiger partial charge in [-0.3, -0.25) is 57.5 Å². The molecule has 12 amide bonds. The Labute approximate surface area is 689 Å². The van der Waals surface area contributed by atoms with Crippen LogP contribution in [0.25, 0.3) is 0 Å². The van der Waals surface area contributed by atoms with Crippen molar-refractivity contribution in [2.45, 2.75) is 125 Å². The minimum Gasteiger partial charge on any atom is -0.508 e. The highest BCUT2D eigenvalue weighted by molar-refractivity contribution is 7.98. The van der Waals surface area contributed by atoms with Gasteiger partial charge in [-0.05, 0) is 154 Å². The zero-order valence-corrected chi connectivity index (χ0v) is 66.3. The summed E-state index contributed by atoms with van der Waals surface area (Å²) in [6.45, 7) is 0.175. The van der Waals surface area contributed by atoms with Crippen LogP contribution in [0.3, 0.4) is 0 Å². The van der Waals surface area contributed by atoms with E-state index in [0.29, 0.717) is 64.2 Å². The molecular weight excluding hydrogens is 1550 g/mol. The van der Waals surface area contributed by atoms with Crippen molar-refractivity contribution in [3.8, 4) is 34.5 Å². The molecule has 14 rings (SSSR count). The monoisotopic (exact) mass is 1650 g/mol. The SMILES string of the molecule is CSCC[C@@H]1NC(=O)[C@H](CCSC)NC1=O.O=C1CNC(=O)[C@@H](Cc2ccccc2)N1.O=C1CNC(=O)[C@H](Cc2ccccc2)N1.O=C1N[C@@H](Cc2cccc(O)c2)C(=O)N[C@H]1Cc1cccc(O)c1.O=C1N[C@H](Cc2cccc(O)c2)C(=O)N[C@@H]1Cc1cccc(O)c1.O=C1N[C@H](Cc2cccc(O)c2)C(=O)N[C@H]1Cc1cccc(O)c1. The lowest BCUT2D eigenvalue weighted by atomic mass is 9.98. The minimum atomic E-state index is -0.667. The summed E-state index contributed by atoms with van der Waals surface area (Å²) in [6.07, 6.45) is 8.33.